The Morgan fingerprint density at radius 2 is 1.61 bits per heavy atom. The largest absolute Gasteiger partial charge is 0.314 e. The number of benzene rings is 1. The maximum atomic E-state index is 3.60. The SMILES string of the molecule is CCC(CC)C(CNC(C)C)c1ccc(Br)cc1. The van der Waals surface area contributed by atoms with Gasteiger partial charge in [-0.2, -0.15) is 0 Å². The van der Waals surface area contributed by atoms with Crippen molar-refractivity contribution < 1.29 is 0 Å². The van der Waals surface area contributed by atoms with Gasteiger partial charge in [-0.05, 0) is 29.5 Å². The lowest BCUT2D eigenvalue weighted by atomic mass is 9.82. The molecule has 0 amide bonds. The van der Waals surface area contributed by atoms with Crippen LogP contribution in [0.25, 0.3) is 0 Å². The second-order valence-corrected chi connectivity index (χ2v) is 6.21. The van der Waals surface area contributed by atoms with Crippen molar-refractivity contribution in [2.75, 3.05) is 6.54 Å². The average molecular weight is 312 g/mol. The molecule has 1 atom stereocenters. The first-order valence-electron chi connectivity index (χ1n) is 7.07. The molecule has 1 aromatic carbocycles. The minimum atomic E-state index is 0.553. The first kappa shape index (κ1) is 15.7. The molecule has 1 unspecified atom stereocenters. The van der Waals surface area contributed by atoms with E-state index in [0.29, 0.717) is 12.0 Å². The third-order valence-electron chi connectivity index (χ3n) is 3.66. The maximum absolute atomic E-state index is 3.60. The summed E-state index contributed by atoms with van der Waals surface area (Å²) in [5.41, 5.74) is 1.46. The van der Waals surface area contributed by atoms with Crippen molar-refractivity contribution >= 4 is 15.9 Å². The van der Waals surface area contributed by atoms with E-state index in [1.807, 2.05) is 0 Å². The van der Waals surface area contributed by atoms with Crippen LogP contribution in [0.5, 0.6) is 0 Å². The number of rotatable bonds is 7. The van der Waals surface area contributed by atoms with E-state index < -0.39 is 0 Å². The van der Waals surface area contributed by atoms with Gasteiger partial charge < -0.3 is 5.32 Å². The number of nitrogens with one attached hydrogen (secondary N) is 1. The summed E-state index contributed by atoms with van der Waals surface area (Å²) in [4.78, 5) is 0. The fourth-order valence-corrected chi connectivity index (χ4v) is 2.75. The quantitative estimate of drug-likeness (QED) is 0.750. The zero-order valence-electron chi connectivity index (χ0n) is 12.0. The first-order valence-corrected chi connectivity index (χ1v) is 7.86. The maximum Gasteiger partial charge on any atom is 0.0175 e. The molecule has 0 fully saturated rings. The van der Waals surface area contributed by atoms with Crippen molar-refractivity contribution in [1.82, 2.24) is 5.32 Å². The van der Waals surface area contributed by atoms with Gasteiger partial charge in [-0.15, -0.1) is 0 Å². The van der Waals surface area contributed by atoms with Crippen molar-refractivity contribution in [3.8, 4) is 0 Å². The van der Waals surface area contributed by atoms with Crippen LogP contribution in [-0.2, 0) is 0 Å². The molecule has 1 aromatic rings. The molecular weight excluding hydrogens is 286 g/mol. The second kappa shape index (κ2) is 7.96. The van der Waals surface area contributed by atoms with Crippen LogP contribution in [0.1, 0.15) is 52.0 Å². The Morgan fingerprint density at radius 1 is 1.06 bits per heavy atom. The molecular formula is C16H26BrN. The first-order chi connectivity index (χ1) is 8.58. The Balaban J connectivity index is 2.84. The molecule has 0 bridgehead atoms. The summed E-state index contributed by atoms with van der Waals surface area (Å²) in [7, 11) is 0. The predicted molar refractivity (Wildman–Crippen MR) is 84.1 cm³/mol. The van der Waals surface area contributed by atoms with Crippen molar-refractivity contribution in [3.63, 3.8) is 0 Å². The number of halogens is 1. The molecule has 0 saturated heterocycles. The highest BCUT2D eigenvalue weighted by molar-refractivity contribution is 9.10. The zero-order chi connectivity index (χ0) is 13.5. The molecule has 0 aliphatic rings. The van der Waals surface area contributed by atoms with Gasteiger partial charge in [0.1, 0.15) is 0 Å². The third-order valence-corrected chi connectivity index (χ3v) is 4.19. The molecule has 0 spiro atoms. The van der Waals surface area contributed by atoms with Crippen LogP contribution in [0.2, 0.25) is 0 Å². The summed E-state index contributed by atoms with van der Waals surface area (Å²) in [5, 5.41) is 3.60. The van der Waals surface area contributed by atoms with Crippen LogP contribution in [0, 0.1) is 5.92 Å². The van der Waals surface area contributed by atoms with E-state index in [2.05, 4.69) is 73.2 Å². The van der Waals surface area contributed by atoms with E-state index in [4.69, 9.17) is 0 Å². The number of hydrogen-bond donors (Lipinski definition) is 1. The van der Waals surface area contributed by atoms with Crippen LogP contribution in [0.4, 0.5) is 0 Å². The molecule has 0 radical (unpaired) electrons. The van der Waals surface area contributed by atoms with Crippen molar-refractivity contribution in [2.45, 2.75) is 52.5 Å². The molecule has 0 heterocycles. The Morgan fingerprint density at radius 3 is 2.06 bits per heavy atom. The fourth-order valence-electron chi connectivity index (χ4n) is 2.49. The fraction of sp³-hybridized carbons (Fsp3) is 0.625. The molecule has 0 aromatic heterocycles. The van der Waals surface area contributed by atoms with Crippen molar-refractivity contribution in [1.29, 1.82) is 0 Å². The molecule has 18 heavy (non-hydrogen) atoms. The van der Waals surface area contributed by atoms with Gasteiger partial charge in [0, 0.05) is 17.1 Å². The van der Waals surface area contributed by atoms with Crippen LogP contribution < -0.4 is 5.32 Å². The number of hydrogen-bond acceptors (Lipinski definition) is 1. The summed E-state index contributed by atoms with van der Waals surface area (Å²) >= 11 is 3.51. The minimum absolute atomic E-state index is 0.553. The lowest BCUT2D eigenvalue weighted by Crippen LogP contribution is -2.31. The van der Waals surface area contributed by atoms with Crippen LogP contribution >= 0.6 is 15.9 Å². The van der Waals surface area contributed by atoms with Gasteiger partial charge in [0.15, 0.2) is 0 Å². The molecule has 1 nitrogen and oxygen atoms in total. The molecule has 1 N–H and O–H groups in total. The van der Waals surface area contributed by atoms with Gasteiger partial charge in [0.05, 0.1) is 0 Å². The van der Waals surface area contributed by atoms with Crippen molar-refractivity contribution in [2.24, 2.45) is 5.92 Å². The lowest BCUT2D eigenvalue weighted by Gasteiger charge is -2.27. The molecule has 0 aliphatic carbocycles. The topological polar surface area (TPSA) is 12.0 Å². The highest BCUT2D eigenvalue weighted by Gasteiger charge is 2.20. The summed E-state index contributed by atoms with van der Waals surface area (Å²) in [6.07, 6.45) is 2.49. The average Bonchev–Trinajstić information content (AvgIpc) is 2.35. The molecule has 1 rings (SSSR count). The van der Waals surface area contributed by atoms with Gasteiger partial charge in [0.2, 0.25) is 0 Å². The Bertz CT molecular complexity index is 327. The molecule has 2 heteroatoms. The van der Waals surface area contributed by atoms with E-state index in [9.17, 15) is 0 Å². The highest BCUT2D eigenvalue weighted by atomic mass is 79.9. The second-order valence-electron chi connectivity index (χ2n) is 5.30. The Kier molecular flexibility index (Phi) is 6.95. The van der Waals surface area contributed by atoms with Crippen LogP contribution in [-0.4, -0.2) is 12.6 Å². The zero-order valence-corrected chi connectivity index (χ0v) is 13.6. The summed E-state index contributed by atoms with van der Waals surface area (Å²) in [6, 6.07) is 9.38. The molecule has 102 valence electrons. The van der Waals surface area contributed by atoms with E-state index in [1.165, 1.54) is 18.4 Å². The monoisotopic (exact) mass is 311 g/mol. The Hall–Kier alpha value is -0.340. The van der Waals surface area contributed by atoms with E-state index in [0.717, 1.165) is 16.9 Å². The lowest BCUT2D eigenvalue weighted by molar-refractivity contribution is 0.370. The minimum Gasteiger partial charge on any atom is -0.314 e. The van der Waals surface area contributed by atoms with Gasteiger partial charge in [-0.1, -0.05) is 68.6 Å². The summed E-state index contributed by atoms with van der Waals surface area (Å²) in [6.45, 7) is 10.1. The van der Waals surface area contributed by atoms with Gasteiger partial charge in [0.25, 0.3) is 0 Å². The smallest absolute Gasteiger partial charge is 0.0175 e. The van der Waals surface area contributed by atoms with E-state index >= 15 is 0 Å². The summed E-state index contributed by atoms with van der Waals surface area (Å²) in [5.74, 6) is 1.38. The third kappa shape index (κ3) is 4.74. The summed E-state index contributed by atoms with van der Waals surface area (Å²) < 4.78 is 1.16. The van der Waals surface area contributed by atoms with Gasteiger partial charge in [-0.25, -0.2) is 0 Å². The standard InChI is InChI=1S/C16H26BrN/c1-5-13(6-2)16(11-18-12(3)4)14-7-9-15(17)10-8-14/h7-10,12-13,16,18H,5-6,11H2,1-4H3. The van der Waals surface area contributed by atoms with Crippen LogP contribution in [0.3, 0.4) is 0 Å². The highest BCUT2D eigenvalue weighted by Crippen LogP contribution is 2.30. The molecule has 0 saturated carbocycles. The van der Waals surface area contributed by atoms with Crippen molar-refractivity contribution in [3.05, 3.63) is 34.3 Å². The predicted octanol–water partition coefficient (Wildman–Crippen LogP) is 4.97. The van der Waals surface area contributed by atoms with E-state index in [1.54, 1.807) is 0 Å². The van der Waals surface area contributed by atoms with Crippen LogP contribution in [0.15, 0.2) is 28.7 Å². The van der Waals surface area contributed by atoms with E-state index in [-0.39, 0.29) is 0 Å². The van der Waals surface area contributed by atoms with Gasteiger partial charge in [-0.3, -0.25) is 0 Å². The van der Waals surface area contributed by atoms with Gasteiger partial charge >= 0.3 is 0 Å². The normalized spacial score (nSPS) is 13.3. The Labute approximate surface area is 120 Å². The molecule has 0 aliphatic heterocycles.